The van der Waals surface area contributed by atoms with Crippen LogP contribution in [-0.4, -0.2) is 49.9 Å². The minimum atomic E-state index is -0.762. The Labute approximate surface area is 195 Å². The molecule has 0 saturated carbocycles. The molecule has 0 radical (unpaired) electrons. The van der Waals surface area contributed by atoms with Crippen LogP contribution < -0.4 is 15.5 Å². The molecule has 2 heterocycles. The quantitative estimate of drug-likeness (QED) is 0.690. The van der Waals surface area contributed by atoms with Crippen molar-refractivity contribution >= 4 is 23.2 Å². The zero-order valence-electron chi connectivity index (χ0n) is 19.1. The summed E-state index contributed by atoms with van der Waals surface area (Å²) in [4.78, 5) is 29.8. The third-order valence-electron chi connectivity index (χ3n) is 6.63. The van der Waals surface area contributed by atoms with Gasteiger partial charge in [-0.3, -0.25) is 14.5 Å². The largest absolute Gasteiger partial charge is 0.374 e. The first-order valence-electron chi connectivity index (χ1n) is 11.7. The van der Waals surface area contributed by atoms with Crippen LogP contribution in [0.25, 0.3) is 0 Å². The summed E-state index contributed by atoms with van der Waals surface area (Å²) in [7, 11) is 2.13. The molecule has 1 unspecified atom stereocenters. The molecule has 7 heteroatoms. The standard InChI is InChI=1S/C26H31N5O2/c1-30-13-7-9-19-16-20(11-12-23(19)30)24(31-14-5-2-6-15-31)18-28-25(32)26(33)29-22-10-4-3-8-21(22)17-27/h3-4,8,10-12,16,24H,2,5-7,9,13-15,18H2,1H3,(H,28,32)(H,29,33). The zero-order chi connectivity index (χ0) is 23.2. The summed E-state index contributed by atoms with van der Waals surface area (Å²) in [5, 5.41) is 14.6. The molecule has 4 rings (SSSR count). The average molecular weight is 446 g/mol. The molecule has 1 saturated heterocycles. The van der Waals surface area contributed by atoms with Crippen molar-refractivity contribution in [2.24, 2.45) is 0 Å². The van der Waals surface area contributed by atoms with E-state index >= 15 is 0 Å². The first-order chi connectivity index (χ1) is 16.1. The maximum Gasteiger partial charge on any atom is 0.313 e. The van der Waals surface area contributed by atoms with E-state index in [1.165, 1.54) is 23.2 Å². The third kappa shape index (κ3) is 5.35. The Balaban J connectivity index is 1.47. The van der Waals surface area contributed by atoms with E-state index in [0.29, 0.717) is 17.8 Å². The van der Waals surface area contributed by atoms with Gasteiger partial charge < -0.3 is 15.5 Å². The van der Waals surface area contributed by atoms with Crippen molar-refractivity contribution in [3.05, 3.63) is 59.2 Å². The summed E-state index contributed by atoms with van der Waals surface area (Å²) in [6.45, 7) is 3.40. The molecule has 172 valence electrons. The number of rotatable bonds is 5. The maximum absolute atomic E-state index is 12.6. The summed E-state index contributed by atoms with van der Waals surface area (Å²) < 4.78 is 0. The van der Waals surface area contributed by atoms with Crippen molar-refractivity contribution in [1.82, 2.24) is 10.2 Å². The van der Waals surface area contributed by atoms with Crippen molar-refractivity contribution in [3.63, 3.8) is 0 Å². The number of nitrogens with zero attached hydrogens (tertiary/aromatic N) is 3. The Morgan fingerprint density at radius 3 is 2.61 bits per heavy atom. The summed E-state index contributed by atoms with van der Waals surface area (Å²) in [6.07, 6.45) is 5.72. The van der Waals surface area contributed by atoms with E-state index in [9.17, 15) is 14.9 Å². The normalized spacial score (nSPS) is 16.9. The van der Waals surface area contributed by atoms with Gasteiger partial charge in [0, 0.05) is 25.8 Å². The number of nitrogens with one attached hydrogen (secondary N) is 2. The van der Waals surface area contributed by atoms with E-state index in [2.05, 4.69) is 45.7 Å². The second-order valence-corrected chi connectivity index (χ2v) is 8.85. The van der Waals surface area contributed by atoms with Gasteiger partial charge >= 0.3 is 11.8 Å². The highest BCUT2D eigenvalue weighted by Crippen LogP contribution is 2.31. The summed E-state index contributed by atoms with van der Waals surface area (Å²) in [5.74, 6) is -1.45. The Bertz CT molecular complexity index is 1050. The van der Waals surface area contributed by atoms with Gasteiger partial charge in [0.1, 0.15) is 6.07 Å². The number of fused-ring (bicyclic) bond motifs is 1. The second kappa shape index (κ2) is 10.5. The first kappa shape index (κ1) is 22.8. The third-order valence-corrected chi connectivity index (χ3v) is 6.63. The van der Waals surface area contributed by atoms with E-state index < -0.39 is 11.8 Å². The van der Waals surface area contributed by atoms with Gasteiger partial charge in [0.25, 0.3) is 0 Å². The Morgan fingerprint density at radius 1 is 1.03 bits per heavy atom. The molecule has 7 nitrogen and oxygen atoms in total. The number of hydrogen-bond donors (Lipinski definition) is 2. The van der Waals surface area contributed by atoms with Crippen LogP contribution in [0.1, 0.15) is 48.4 Å². The van der Waals surface area contributed by atoms with Gasteiger partial charge in [-0.1, -0.05) is 30.7 Å². The predicted molar refractivity (Wildman–Crippen MR) is 129 cm³/mol. The van der Waals surface area contributed by atoms with Crippen molar-refractivity contribution in [1.29, 1.82) is 5.26 Å². The number of carbonyl (C=O) groups excluding carboxylic acids is 2. The Hall–Kier alpha value is -3.37. The molecule has 0 bridgehead atoms. The number of piperidine rings is 1. The van der Waals surface area contributed by atoms with Gasteiger partial charge in [-0.25, -0.2) is 0 Å². The number of hydrogen-bond acceptors (Lipinski definition) is 5. The number of amides is 2. The average Bonchev–Trinajstić information content (AvgIpc) is 2.85. The van der Waals surface area contributed by atoms with E-state index in [1.54, 1.807) is 24.3 Å². The molecular formula is C26H31N5O2. The van der Waals surface area contributed by atoms with Gasteiger partial charge in [-0.05, 0) is 68.1 Å². The second-order valence-electron chi connectivity index (χ2n) is 8.85. The molecule has 2 aromatic carbocycles. The number of nitriles is 1. The SMILES string of the molecule is CN1CCCc2cc(C(CNC(=O)C(=O)Nc3ccccc3C#N)N3CCCCC3)ccc21. The van der Waals surface area contributed by atoms with Crippen molar-refractivity contribution in [2.75, 3.05) is 43.4 Å². The number of likely N-dealkylation sites (tertiary alicyclic amines) is 1. The van der Waals surface area contributed by atoms with Gasteiger partial charge in [-0.15, -0.1) is 0 Å². The molecule has 0 spiro atoms. The fraction of sp³-hybridized carbons (Fsp3) is 0.423. The van der Waals surface area contributed by atoms with Crippen LogP contribution in [-0.2, 0) is 16.0 Å². The van der Waals surface area contributed by atoms with Gasteiger partial charge in [0.05, 0.1) is 17.3 Å². The summed E-state index contributed by atoms with van der Waals surface area (Å²) >= 11 is 0. The lowest BCUT2D eigenvalue weighted by atomic mass is 9.95. The smallest absolute Gasteiger partial charge is 0.313 e. The van der Waals surface area contributed by atoms with Crippen LogP contribution in [0, 0.1) is 11.3 Å². The zero-order valence-corrected chi connectivity index (χ0v) is 19.1. The monoisotopic (exact) mass is 445 g/mol. The number of para-hydroxylation sites is 1. The van der Waals surface area contributed by atoms with E-state index in [1.807, 2.05) is 6.07 Å². The fourth-order valence-corrected chi connectivity index (χ4v) is 4.84. The Morgan fingerprint density at radius 2 is 1.82 bits per heavy atom. The van der Waals surface area contributed by atoms with Crippen molar-refractivity contribution in [3.8, 4) is 6.07 Å². The van der Waals surface area contributed by atoms with Crippen LogP contribution in [0.5, 0.6) is 0 Å². The molecule has 0 aliphatic carbocycles. The highest BCUT2D eigenvalue weighted by atomic mass is 16.2. The maximum atomic E-state index is 12.6. The highest BCUT2D eigenvalue weighted by Gasteiger charge is 2.26. The van der Waals surface area contributed by atoms with Crippen LogP contribution in [0.4, 0.5) is 11.4 Å². The van der Waals surface area contributed by atoms with Crippen LogP contribution in [0.3, 0.4) is 0 Å². The minimum absolute atomic E-state index is 0.0194. The molecule has 33 heavy (non-hydrogen) atoms. The lowest BCUT2D eigenvalue weighted by Crippen LogP contribution is -2.43. The lowest BCUT2D eigenvalue weighted by Gasteiger charge is -2.36. The fourth-order valence-electron chi connectivity index (χ4n) is 4.84. The summed E-state index contributed by atoms with van der Waals surface area (Å²) in [6, 6.07) is 15.3. The van der Waals surface area contributed by atoms with Gasteiger partial charge in [0.2, 0.25) is 0 Å². The molecule has 2 N–H and O–H groups in total. The minimum Gasteiger partial charge on any atom is -0.374 e. The van der Waals surface area contributed by atoms with Gasteiger partial charge in [0.15, 0.2) is 0 Å². The molecule has 2 aliphatic rings. The number of benzene rings is 2. The van der Waals surface area contributed by atoms with Crippen LogP contribution in [0.2, 0.25) is 0 Å². The first-order valence-corrected chi connectivity index (χ1v) is 11.7. The van der Waals surface area contributed by atoms with E-state index in [4.69, 9.17) is 0 Å². The highest BCUT2D eigenvalue weighted by molar-refractivity contribution is 6.39. The summed E-state index contributed by atoms with van der Waals surface area (Å²) in [5.41, 5.74) is 4.47. The molecule has 0 aromatic heterocycles. The van der Waals surface area contributed by atoms with E-state index in [0.717, 1.165) is 45.3 Å². The number of carbonyl (C=O) groups is 2. The van der Waals surface area contributed by atoms with Crippen molar-refractivity contribution < 1.29 is 9.59 Å². The van der Waals surface area contributed by atoms with Crippen LogP contribution >= 0.6 is 0 Å². The molecule has 2 aromatic rings. The topological polar surface area (TPSA) is 88.5 Å². The molecule has 1 fully saturated rings. The Kier molecular flexibility index (Phi) is 7.26. The molecular weight excluding hydrogens is 414 g/mol. The number of aryl methyl sites for hydroxylation is 1. The predicted octanol–water partition coefficient (Wildman–Crippen LogP) is 3.22. The number of anilines is 2. The molecule has 2 aliphatic heterocycles. The lowest BCUT2D eigenvalue weighted by molar-refractivity contribution is -0.136. The van der Waals surface area contributed by atoms with Gasteiger partial charge in [-0.2, -0.15) is 5.26 Å². The molecule has 2 amide bonds. The molecule has 1 atom stereocenters. The van der Waals surface area contributed by atoms with E-state index in [-0.39, 0.29) is 6.04 Å². The van der Waals surface area contributed by atoms with Crippen LogP contribution in [0.15, 0.2) is 42.5 Å². The van der Waals surface area contributed by atoms with Crippen molar-refractivity contribution in [2.45, 2.75) is 38.1 Å².